The first-order valence-electron chi connectivity index (χ1n) is 5.94. The van der Waals surface area contributed by atoms with Gasteiger partial charge in [0.05, 0.1) is 4.90 Å². The molecule has 5 nitrogen and oxygen atoms in total. The predicted octanol–water partition coefficient (Wildman–Crippen LogP) is 0.676. The van der Waals surface area contributed by atoms with Gasteiger partial charge in [0.1, 0.15) is 4.99 Å². The average molecular weight is 334 g/mol. The highest BCUT2D eigenvalue weighted by Gasteiger charge is 2.16. The van der Waals surface area contributed by atoms with Crippen LogP contribution in [-0.2, 0) is 20.8 Å². The largest absolute Gasteiger partial charge is 0.389 e. The minimum absolute atomic E-state index is 0.204. The number of nitrogens with two attached hydrogens (primary N) is 1. The summed E-state index contributed by atoms with van der Waals surface area (Å²) < 4.78 is 37.7. The van der Waals surface area contributed by atoms with Crippen molar-refractivity contribution in [3.05, 3.63) is 29.3 Å². The van der Waals surface area contributed by atoms with Gasteiger partial charge >= 0.3 is 0 Å². The van der Waals surface area contributed by atoms with E-state index in [0.717, 1.165) is 0 Å². The Bertz CT molecular complexity index is 627. The van der Waals surface area contributed by atoms with Crippen LogP contribution in [0.25, 0.3) is 0 Å². The average Bonchev–Trinajstić information content (AvgIpc) is 2.34. The number of sulfonamides is 1. The number of nitrogens with one attached hydrogen (secondary N) is 1. The van der Waals surface area contributed by atoms with E-state index in [1.807, 2.05) is 0 Å². The molecule has 8 heteroatoms. The lowest BCUT2D eigenvalue weighted by Crippen LogP contribution is -2.26. The summed E-state index contributed by atoms with van der Waals surface area (Å²) in [6.45, 7) is 1.95. The van der Waals surface area contributed by atoms with Gasteiger partial charge in [-0.3, -0.25) is 4.21 Å². The molecule has 3 N–H and O–H groups in total. The maximum atomic E-state index is 12.1. The van der Waals surface area contributed by atoms with Crippen molar-refractivity contribution in [1.82, 2.24) is 4.72 Å². The van der Waals surface area contributed by atoms with Crippen LogP contribution in [0.15, 0.2) is 23.1 Å². The highest BCUT2D eigenvalue weighted by atomic mass is 32.2. The van der Waals surface area contributed by atoms with Gasteiger partial charge in [0.2, 0.25) is 10.0 Å². The fourth-order valence-corrected chi connectivity index (χ4v) is 3.64. The van der Waals surface area contributed by atoms with E-state index in [0.29, 0.717) is 23.3 Å². The van der Waals surface area contributed by atoms with Crippen LogP contribution in [0.1, 0.15) is 17.5 Å². The van der Waals surface area contributed by atoms with Crippen molar-refractivity contribution in [2.24, 2.45) is 5.73 Å². The van der Waals surface area contributed by atoms with Crippen LogP contribution in [0, 0.1) is 6.92 Å². The molecule has 20 heavy (non-hydrogen) atoms. The van der Waals surface area contributed by atoms with Crippen LogP contribution in [0.2, 0.25) is 0 Å². The van der Waals surface area contributed by atoms with E-state index >= 15 is 0 Å². The lowest BCUT2D eigenvalue weighted by molar-refractivity contribution is 0.580. The van der Waals surface area contributed by atoms with Crippen LogP contribution in [0.5, 0.6) is 0 Å². The second-order valence-corrected chi connectivity index (χ2v) is 8.10. The summed E-state index contributed by atoms with van der Waals surface area (Å²) in [5, 5.41) is 0. The van der Waals surface area contributed by atoms with E-state index in [4.69, 9.17) is 18.0 Å². The Labute approximate surface area is 127 Å². The van der Waals surface area contributed by atoms with Gasteiger partial charge < -0.3 is 5.73 Å². The normalized spacial score (nSPS) is 13.1. The van der Waals surface area contributed by atoms with Gasteiger partial charge in [0, 0.05) is 34.9 Å². The molecule has 0 saturated heterocycles. The summed E-state index contributed by atoms with van der Waals surface area (Å²) in [5.41, 5.74) is 6.73. The maximum Gasteiger partial charge on any atom is 0.240 e. The van der Waals surface area contributed by atoms with E-state index < -0.39 is 20.8 Å². The van der Waals surface area contributed by atoms with Crippen LogP contribution >= 0.6 is 12.2 Å². The molecule has 0 aliphatic heterocycles. The SMILES string of the molecule is Cc1cc(C(N)=S)ccc1S(=O)(=O)NCCCS(C)=O. The minimum atomic E-state index is -3.56. The van der Waals surface area contributed by atoms with Crippen LogP contribution in [-0.4, -0.2) is 36.2 Å². The summed E-state index contributed by atoms with van der Waals surface area (Å²) in [7, 11) is -4.48. The lowest BCUT2D eigenvalue weighted by atomic mass is 10.1. The molecule has 112 valence electrons. The molecule has 1 aromatic carbocycles. The third-order valence-electron chi connectivity index (χ3n) is 2.65. The molecule has 0 bridgehead atoms. The van der Waals surface area contributed by atoms with E-state index in [9.17, 15) is 12.6 Å². The molecule has 0 saturated carbocycles. The van der Waals surface area contributed by atoms with Crippen molar-refractivity contribution in [2.45, 2.75) is 18.2 Å². The topological polar surface area (TPSA) is 89.3 Å². The number of thiocarbonyl (C=S) groups is 1. The molecule has 0 amide bonds. The summed E-state index contributed by atoms with van der Waals surface area (Å²) in [6, 6.07) is 4.73. The van der Waals surface area contributed by atoms with Crippen molar-refractivity contribution < 1.29 is 12.6 Å². The van der Waals surface area contributed by atoms with E-state index in [1.165, 1.54) is 6.07 Å². The van der Waals surface area contributed by atoms with Gasteiger partial charge in [-0.05, 0) is 31.0 Å². The second kappa shape index (κ2) is 7.26. The van der Waals surface area contributed by atoms with Gasteiger partial charge in [0.15, 0.2) is 0 Å². The monoisotopic (exact) mass is 334 g/mol. The fraction of sp³-hybridized carbons (Fsp3) is 0.417. The first kappa shape index (κ1) is 17.2. The Morgan fingerprint density at radius 3 is 2.60 bits per heavy atom. The third-order valence-corrected chi connectivity index (χ3v) is 5.37. The molecule has 0 aromatic heterocycles. The van der Waals surface area contributed by atoms with Crippen molar-refractivity contribution in [3.8, 4) is 0 Å². The molecule has 0 aliphatic carbocycles. The number of aryl methyl sites for hydroxylation is 1. The Morgan fingerprint density at radius 2 is 2.10 bits per heavy atom. The molecular formula is C12H18N2O3S3. The Morgan fingerprint density at radius 1 is 1.45 bits per heavy atom. The number of benzene rings is 1. The summed E-state index contributed by atoms with van der Waals surface area (Å²) >= 11 is 4.85. The van der Waals surface area contributed by atoms with Crippen molar-refractivity contribution in [2.75, 3.05) is 18.6 Å². The van der Waals surface area contributed by atoms with Gasteiger partial charge in [-0.1, -0.05) is 18.3 Å². The molecule has 0 spiro atoms. The highest BCUT2D eigenvalue weighted by Crippen LogP contribution is 2.16. The Kier molecular flexibility index (Phi) is 6.25. The second-order valence-electron chi connectivity index (χ2n) is 4.37. The summed E-state index contributed by atoms with van der Waals surface area (Å²) in [4.78, 5) is 0.436. The molecule has 0 aliphatic rings. The summed E-state index contributed by atoms with van der Waals surface area (Å²) in [5.74, 6) is 0.474. The maximum absolute atomic E-state index is 12.1. The van der Waals surface area contributed by atoms with Crippen LogP contribution in [0.3, 0.4) is 0 Å². The smallest absolute Gasteiger partial charge is 0.240 e. The van der Waals surface area contributed by atoms with Crippen molar-refractivity contribution in [1.29, 1.82) is 0 Å². The molecule has 0 fully saturated rings. The molecule has 1 atom stereocenters. The number of rotatable bonds is 7. The minimum Gasteiger partial charge on any atom is -0.389 e. The van der Waals surface area contributed by atoms with E-state index in [2.05, 4.69) is 4.72 Å². The molecule has 1 aromatic rings. The molecule has 1 unspecified atom stereocenters. The van der Waals surface area contributed by atoms with E-state index in [1.54, 1.807) is 25.3 Å². The van der Waals surface area contributed by atoms with Crippen LogP contribution < -0.4 is 10.5 Å². The van der Waals surface area contributed by atoms with Gasteiger partial charge in [-0.15, -0.1) is 0 Å². The number of hydrogen-bond donors (Lipinski definition) is 2. The zero-order chi connectivity index (χ0) is 15.3. The van der Waals surface area contributed by atoms with E-state index in [-0.39, 0.29) is 16.4 Å². The molecule has 1 rings (SSSR count). The van der Waals surface area contributed by atoms with Crippen molar-refractivity contribution >= 4 is 38.0 Å². The Hall–Kier alpha value is -0.830. The van der Waals surface area contributed by atoms with Gasteiger partial charge in [-0.2, -0.15) is 0 Å². The number of hydrogen-bond acceptors (Lipinski definition) is 4. The highest BCUT2D eigenvalue weighted by molar-refractivity contribution is 7.89. The van der Waals surface area contributed by atoms with Gasteiger partial charge in [-0.25, -0.2) is 13.1 Å². The fourth-order valence-electron chi connectivity index (χ4n) is 1.66. The summed E-state index contributed by atoms with van der Waals surface area (Å²) in [6.07, 6.45) is 2.12. The third kappa shape index (κ3) is 4.93. The first-order valence-corrected chi connectivity index (χ1v) is 9.56. The standard InChI is InChI=1S/C12H18N2O3S3/c1-9-8-10(12(13)18)4-5-11(9)20(16,17)14-6-3-7-19(2)15/h4-5,8,14H,3,6-7H2,1-2H3,(H2,13,18). The van der Waals surface area contributed by atoms with Crippen molar-refractivity contribution in [3.63, 3.8) is 0 Å². The van der Waals surface area contributed by atoms with Crippen LogP contribution in [0.4, 0.5) is 0 Å². The lowest BCUT2D eigenvalue weighted by Gasteiger charge is -2.10. The molecule has 0 radical (unpaired) electrons. The quantitative estimate of drug-likeness (QED) is 0.565. The zero-order valence-electron chi connectivity index (χ0n) is 11.4. The Balaban J connectivity index is 2.82. The zero-order valence-corrected chi connectivity index (χ0v) is 13.8. The molecular weight excluding hydrogens is 316 g/mol. The predicted molar refractivity (Wildman–Crippen MR) is 85.8 cm³/mol. The first-order chi connectivity index (χ1) is 9.24. The molecule has 0 heterocycles. The van der Waals surface area contributed by atoms with Gasteiger partial charge in [0.25, 0.3) is 0 Å².